The number of non-ortho nitro benzene ring substituents is 1. The first-order chi connectivity index (χ1) is 15.6. The molecule has 0 bridgehead atoms. The molecule has 2 amide bonds. The SMILES string of the molecule is O=C(NCC1CCCCN1Cc1nc(-c2cccc([N+](=O)[O-])c2)no1)Nc1ccccc1. The van der Waals surface area contributed by atoms with Gasteiger partial charge >= 0.3 is 6.03 Å². The molecule has 0 saturated carbocycles. The van der Waals surface area contributed by atoms with E-state index >= 15 is 0 Å². The molecule has 2 heterocycles. The van der Waals surface area contributed by atoms with Gasteiger partial charge in [-0.15, -0.1) is 0 Å². The van der Waals surface area contributed by atoms with Crippen LogP contribution >= 0.6 is 0 Å². The number of piperidine rings is 1. The van der Waals surface area contributed by atoms with E-state index in [2.05, 4.69) is 25.7 Å². The number of nitrogens with zero attached hydrogens (tertiary/aromatic N) is 4. The fourth-order valence-corrected chi connectivity index (χ4v) is 3.78. The average Bonchev–Trinajstić information content (AvgIpc) is 3.28. The molecule has 4 rings (SSSR count). The zero-order valence-electron chi connectivity index (χ0n) is 17.4. The maximum atomic E-state index is 12.2. The van der Waals surface area contributed by atoms with Crippen LogP contribution in [0.2, 0.25) is 0 Å². The molecule has 1 unspecified atom stereocenters. The van der Waals surface area contributed by atoms with E-state index in [1.165, 1.54) is 12.1 Å². The molecule has 1 fully saturated rings. The predicted octanol–water partition coefficient (Wildman–Crippen LogP) is 3.82. The zero-order chi connectivity index (χ0) is 22.3. The molecule has 3 aromatic rings. The van der Waals surface area contributed by atoms with Gasteiger partial charge < -0.3 is 15.2 Å². The lowest BCUT2D eigenvalue weighted by Crippen LogP contribution is -2.47. The van der Waals surface area contributed by atoms with E-state index in [0.717, 1.165) is 31.5 Å². The summed E-state index contributed by atoms with van der Waals surface area (Å²) in [6.07, 6.45) is 3.10. The minimum atomic E-state index is -0.455. The van der Waals surface area contributed by atoms with Crippen LogP contribution in [-0.4, -0.2) is 45.1 Å². The number of carbonyl (C=O) groups is 1. The van der Waals surface area contributed by atoms with Crippen molar-refractivity contribution in [3.05, 3.63) is 70.6 Å². The lowest BCUT2D eigenvalue weighted by atomic mass is 10.0. The van der Waals surface area contributed by atoms with Crippen LogP contribution in [0.5, 0.6) is 0 Å². The van der Waals surface area contributed by atoms with Crippen molar-refractivity contribution in [2.45, 2.75) is 31.8 Å². The van der Waals surface area contributed by atoms with Crippen molar-refractivity contribution >= 4 is 17.4 Å². The Morgan fingerprint density at radius 3 is 2.84 bits per heavy atom. The van der Waals surface area contributed by atoms with Gasteiger partial charge in [0.05, 0.1) is 11.5 Å². The third-order valence-electron chi connectivity index (χ3n) is 5.40. The molecule has 1 aliphatic rings. The number of aromatic nitrogens is 2. The molecule has 1 saturated heterocycles. The molecule has 10 nitrogen and oxygen atoms in total. The highest BCUT2D eigenvalue weighted by atomic mass is 16.6. The summed E-state index contributed by atoms with van der Waals surface area (Å²) in [4.78, 5) is 29.4. The standard InChI is InChI=1S/C22H24N6O4/c29-22(24-17-8-2-1-3-9-17)23-14-19-10-4-5-12-27(19)15-20-25-21(26-32-20)16-7-6-11-18(13-16)28(30)31/h1-3,6-9,11,13,19H,4-5,10,12,14-15H2,(H2,23,24,29). The van der Waals surface area contributed by atoms with Crippen molar-refractivity contribution in [1.29, 1.82) is 0 Å². The Kier molecular flexibility index (Phi) is 6.71. The van der Waals surface area contributed by atoms with Crippen LogP contribution in [0.1, 0.15) is 25.2 Å². The van der Waals surface area contributed by atoms with E-state index in [1.807, 2.05) is 30.3 Å². The van der Waals surface area contributed by atoms with Gasteiger partial charge in [-0.1, -0.05) is 41.9 Å². The number of nitro groups is 1. The molecule has 2 aromatic carbocycles. The van der Waals surface area contributed by atoms with Crippen molar-refractivity contribution in [2.24, 2.45) is 0 Å². The molecule has 2 N–H and O–H groups in total. The topological polar surface area (TPSA) is 126 Å². The van der Waals surface area contributed by atoms with Crippen molar-refractivity contribution in [3.8, 4) is 11.4 Å². The highest BCUT2D eigenvalue weighted by Crippen LogP contribution is 2.23. The summed E-state index contributed by atoms with van der Waals surface area (Å²) in [5, 5.41) is 20.7. The Bertz CT molecular complexity index is 1070. The third kappa shape index (κ3) is 5.46. The first-order valence-corrected chi connectivity index (χ1v) is 10.5. The number of anilines is 1. The number of amides is 2. The van der Waals surface area contributed by atoms with Gasteiger partial charge in [0.2, 0.25) is 11.7 Å². The van der Waals surface area contributed by atoms with Crippen LogP contribution < -0.4 is 10.6 Å². The number of urea groups is 1. The average molecular weight is 436 g/mol. The summed E-state index contributed by atoms with van der Waals surface area (Å²) in [6, 6.07) is 15.3. The van der Waals surface area contributed by atoms with E-state index in [9.17, 15) is 14.9 Å². The molecule has 0 spiro atoms. The van der Waals surface area contributed by atoms with Gasteiger partial charge in [0.1, 0.15) is 0 Å². The van der Waals surface area contributed by atoms with Gasteiger partial charge in [0, 0.05) is 36.0 Å². The van der Waals surface area contributed by atoms with Gasteiger partial charge in [-0.2, -0.15) is 4.98 Å². The fourth-order valence-electron chi connectivity index (χ4n) is 3.78. The number of hydrogen-bond donors (Lipinski definition) is 2. The van der Waals surface area contributed by atoms with Crippen LogP contribution in [0.4, 0.5) is 16.2 Å². The Hall–Kier alpha value is -3.79. The molecule has 10 heteroatoms. The number of nitro benzene ring substituents is 1. The van der Waals surface area contributed by atoms with E-state index in [0.29, 0.717) is 30.4 Å². The van der Waals surface area contributed by atoms with E-state index < -0.39 is 4.92 Å². The summed E-state index contributed by atoms with van der Waals surface area (Å²) >= 11 is 0. The second kappa shape index (κ2) is 10.0. The largest absolute Gasteiger partial charge is 0.338 e. The molecule has 32 heavy (non-hydrogen) atoms. The predicted molar refractivity (Wildman–Crippen MR) is 118 cm³/mol. The molecule has 1 aromatic heterocycles. The lowest BCUT2D eigenvalue weighted by molar-refractivity contribution is -0.384. The molecular formula is C22H24N6O4. The molecule has 1 aliphatic heterocycles. The smallest absolute Gasteiger partial charge is 0.319 e. The number of nitrogens with one attached hydrogen (secondary N) is 2. The molecule has 0 radical (unpaired) electrons. The summed E-state index contributed by atoms with van der Waals surface area (Å²) in [6.45, 7) is 1.82. The normalized spacial score (nSPS) is 16.4. The van der Waals surface area contributed by atoms with Crippen molar-refractivity contribution < 1.29 is 14.2 Å². The highest BCUT2D eigenvalue weighted by molar-refractivity contribution is 5.89. The van der Waals surface area contributed by atoms with Crippen LogP contribution in [0.25, 0.3) is 11.4 Å². The second-order valence-electron chi connectivity index (χ2n) is 7.64. The van der Waals surface area contributed by atoms with Gasteiger partial charge in [-0.05, 0) is 31.5 Å². The highest BCUT2D eigenvalue weighted by Gasteiger charge is 2.25. The van der Waals surface area contributed by atoms with Crippen molar-refractivity contribution in [2.75, 3.05) is 18.4 Å². The fraction of sp³-hybridized carbons (Fsp3) is 0.318. The van der Waals surface area contributed by atoms with Gasteiger partial charge in [0.25, 0.3) is 5.69 Å². The number of likely N-dealkylation sites (tertiary alicyclic amines) is 1. The minimum Gasteiger partial charge on any atom is -0.338 e. The van der Waals surface area contributed by atoms with E-state index in [-0.39, 0.29) is 17.8 Å². The number of hydrogen-bond acceptors (Lipinski definition) is 7. The first kappa shape index (κ1) is 21.4. The maximum Gasteiger partial charge on any atom is 0.319 e. The maximum absolute atomic E-state index is 12.2. The number of rotatable bonds is 7. The summed E-state index contributed by atoms with van der Waals surface area (Å²) in [7, 11) is 0. The third-order valence-corrected chi connectivity index (χ3v) is 5.40. The number of carbonyl (C=O) groups excluding carboxylic acids is 1. The second-order valence-corrected chi connectivity index (χ2v) is 7.64. The monoisotopic (exact) mass is 436 g/mol. The summed E-state index contributed by atoms with van der Waals surface area (Å²) < 4.78 is 5.40. The van der Waals surface area contributed by atoms with Crippen molar-refractivity contribution in [1.82, 2.24) is 20.4 Å². The van der Waals surface area contributed by atoms with Crippen LogP contribution in [0.15, 0.2) is 59.1 Å². The zero-order valence-corrected chi connectivity index (χ0v) is 17.4. The first-order valence-electron chi connectivity index (χ1n) is 10.5. The van der Waals surface area contributed by atoms with Gasteiger partial charge in [-0.3, -0.25) is 15.0 Å². The Morgan fingerprint density at radius 2 is 2.03 bits per heavy atom. The van der Waals surface area contributed by atoms with Crippen LogP contribution in [0, 0.1) is 10.1 Å². The molecular weight excluding hydrogens is 412 g/mol. The van der Waals surface area contributed by atoms with Crippen LogP contribution in [-0.2, 0) is 6.54 Å². The molecule has 0 aliphatic carbocycles. The Balaban J connectivity index is 1.36. The van der Waals surface area contributed by atoms with Gasteiger partial charge in [-0.25, -0.2) is 4.79 Å². The summed E-state index contributed by atoms with van der Waals surface area (Å²) in [5.41, 5.74) is 1.25. The Morgan fingerprint density at radius 1 is 1.19 bits per heavy atom. The van der Waals surface area contributed by atoms with Crippen LogP contribution in [0.3, 0.4) is 0 Å². The molecule has 166 valence electrons. The van der Waals surface area contributed by atoms with Gasteiger partial charge in [0.15, 0.2) is 0 Å². The van der Waals surface area contributed by atoms with E-state index in [1.54, 1.807) is 12.1 Å². The lowest BCUT2D eigenvalue weighted by Gasteiger charge is -2.34. The quantitative estimate of drug-likeness (QED) is 0.426. The Labute approximate surface area is 184 Å². The summed E-state index contributed by atoms with van der Waals surface area (Å²) in [5.74, 6) is 0.754. The minimum absolute atomic E-state index is 0.0233. The number of benzene rings is 2. The van der Waals surface area contributed by atoms with Crippen molar-refractivity contribution in [3.63, 3.8) is 0 Å². The number of para-hydroxylation sites is 1. The van der Waals surface area contributed by atoms with E-state index in [4.69, 9.17) is 4.52 Å². The molecule has 1 atom stereocenters.